The second-order valence-corrected chi connectivity index (χ2v) is 9.17. The Morgan fingerprint density at radius 3 is 2.52 bits per heavy atom. The molecule has 1 heterocycles. The molecular weight excluding hydrogens is 442 g/mol. The average Bonchev–Trinajstić information content (AvgIpc) is 2.86. The zero-order valence-electron chi connectivity index (χ0n) is 15.6. The fraction of sp³-hybridized carbons (Fsp3) is 0.238. The Morgan fingerprint density at radius 2 is 1.89 bits per heavy atom. The predicted molar refractivity (Wildman–Crippen MR) is 121 cm³/mol. The number of ether oxygens (including phenoxy) is 1. The molecule has 0 unspecified atom stereocenters. The zero-order valence-corrected chi connectivity index (χ0v) is 18.8. The molecule has 1 amide bonds. The van der Waals surface area contributed by atoms with E-state index < -0.39 is 0 Å². The molecule has 0 radical (unpaired) electrons. The highest BCUT2D eigenvalue weighted by Gasteiger charge is 2.33. The van der Waals surface area contributed by atoms with E-state index in [0.29, 0.717) is 9.23 Å². The van der Waals surface area contributed by atoms with E-state index in [9.17, 15) is 4.79 Å². The molecule has 1 fully saturated rings. The van der Waals surface area contributed by atoms with Gasteiger partial charge in [-0.25, -0.2) is 0 Å². The van der Waals surface area contributed by atoms with Crippen LogP contribution in [0.15, 0.2) is 45.8 Å². The number of hydrogen-bond acceptors (Lipinski definition) is 4. The molecule has 0 atom stereocenters. The van der Waals surface area contributed by atoms with Gasteiger partial charge in [0.15, 0.2) is 4.32 Å². The van der Waals surface area contributed by atoms with Crippen molar-refractivity contribution in [1.29, 1.82) is 0 Å². The number of amides is 1. The fourth-order valence-corrected chi connectivity index (χ4v) is 4.45. The van der Waals surface area contributed by atoms with Crippen LogP contribution in [0.2, 0.25) is 0 Å². The maximum atomic E-state index is 12.9. The Bertz CT molecular complexity index is 953. The van der Waals surface area contributed by atoms with Crippen LogP contribution in [0.3, 0.4) is 0 Å². The number of aryl methyl sites for hydroxylation is 2. The molecule has 0 spiro atoms. The van der Waals surface area contributed by atoms with Crippen LogP contribution in [0.25, 0.3) is 6.08 Å². The molecule has 0 aliphatic carbocycles. The van der Waals surface area contributed by atoms with Crippen LogP contribution in [0.5, 0.6) is 5.75 Å². The highest BCUT2D eigenvalue weighted by Crippen LogP contribution is 2.37. The van der Waals surface area contributed by atoms with Crippen LogP contribution < -0.4 is 9.64 Å². The molecule has 0 N–H and O–H groups in total. The number of nitrogens with zero attached hydrogens (tertiary/aromatic N) is 1. The molecule has 3 rings (SSSR count). The van der Waals surface area contributed by atoms with Gasteiger partial charge in [0.05, 0.1) is 21.2 Å². The molecule has 27 heavy (non-hydrogen) atoms. The van der Waals surface area contributed by atoms with Crippen molar-refractivity contribution in [2.45, 2.75) is 33.8 Å². The van der Waals surface area contributed by atoms with E-state index in [2.05, 4.69) is 15.9 Å². The molecule has 0 saturated carbocycles. The summed E-state index contributed by atoms with van der Waals surface area (Å²) in [5.74, 6) is 0.691. The molecule has 0 aromatic heterocycles. The van der Waals surface area contributed by atoms with Crippen molar-refractivity contribution in [3.05, 3.63) is 62.5 Å². The van der Waals surface area contributed by atoms with Crippen LogP contribution >= 0.6 is 39.9 Å². The Morgan fingerprint density at radius 1 is 1.15 bits per heavy atom. The highest BCUT2D eigenvalue weighted by atomic mass is 79.9. The first kappa shape index (κ1) is 20.1. The topological polar surface area (TPSA) is 29.5 Å². The van der Waals surface area contributed by atoms with Crippen molar-refractivity contribution < 1.29 is 9.53 Å². The van der Waals surface area contributed by atoms with Gasteiger partial charge >= 0.3 is 0 Å². The van der Waals surface area contributed by atoms with Gasteiger partial charge in [0.2, 0.25) is 0 Å². The van der Waals surface area contributed by atoms with E-state index in [4.69, 9.17) is 17.0 Å². The predicted octanol–water partition coefficient (Wildman–Crippen LogP) is 6.26. The molecule has 6 heteroatoms. The summed E-state index contributed by atoms with van der Waals surface area (Å²) in [6, 6.07) is 11.7. The summed E-state index contributed by atoms with van der Waals surface area (Å²) in [4.78, 5) is 15.1. The quantitative estimate of drug-likeness (QED) is 0.396. The number of carbonyl (C=O) groups is 1. The van der Waals surface area contributed by atoms with Gasteiger partial charge in [-0.05, 0) is 90.7 Å². The van der Waals surface area contributed by atoms with Crippen molar-refractivity contribution in [2.24, 2.45) is 0 Å². The van der Waals surface area contributed by atoms with Crippen LogP contribution in [0, 0.1) is 13.8 Å². The summed E-state index contributed by atoms with van der Waals surface area (Å²) >= 11 is 10.3. The minimum atomic E-state index is -0.0908. The summed E-state index contributed by atoms with van der Waals surface area (Å²) < 4.78 is 7.14. The van der Waals surface area contributed by atoms with Crippen LogP contribution in [0.4, 0.5) is 5.69 Å². The smallest absolute Gasteiger partial charge is 0.270 e. The van der Waals surface area contributed by atoms with Gasteiger partial charge in [-0.2, -0.15) is 0 Å². The highest BCUT2D eigenvalue weighted by molar-refractivity contribution is 9.10. The summed E-state index contributed by atoms with van der Waals surface area (Å²) in [5.41, 5.74) is 4.05. The maximum Gasteiger partial charge on any atom is 0.270 e. The molecule has 3 nitrogen and oxygen atoms in total. The van der Waals surface area contributed by atoms with Gasteiger partial charge in [0, 0.05) is 0 Å². The lowest BCUT2D eigenvalue weighted by molar-refractivity contribution is -0.113. The monoisotopic (exact) mass is 461 g/mol. The lowest BCUT2D eigenvalue weighted by Gasteiger charge is -2.16. The molecule has 1 aliphatic rings. The number of benzene rings is 2. The first-order valence-corrected chi connectivity index (χ1v) is 10.6. The number of thiocarbonyl (C=S) groups is 1. The van der Waals surface area contributed by atoms with Gasteiger partial charge in [0.25, 0.3) is 5.91 Å². The number of hydrogen-bond donors (Lipinski definition) is 0. The van der Waals surface area contributed by atoms with Crippen molar-refractivity contribution in [3.8, 4) is 5.75 Å². The number of anilines is 1. The molecular formula is C21H20BrNO2S2. The molecule has 140 valence electrons. The number of rotatable bonds is 4. The minimum Gasteiger partial charge on any atom is -0.490 e. The zero-order chi connectivity index (χ0) is 19.7. The largest absolute Gasteiger partial charge is 0.490 e. The molecule has 2 aromatic carbocycles. The van der Waals surface area contributed by atoms with Crippen LogP contribution in [0.1, 0.15) is 30.5 Å². The summed E-state index contributed by atoms with van der Waals surface area (Å²) in [7, 11) is 0. The van der Waals surface area contributed by atoms with Crippen LogP contribution in [-0.4, -0.2) is 16.3 Å². The molecule has 1 saturated heterocycles. The maximum absolute atomic E-state index is 12.9. The van der Waals surface area contributed by atoms with E-state index in [1.54, 1.807) is 4.90 Å². The van der Waals surface area contributed by atoms with Crippen molar-refractivity contribution >= 4 is 61.9 Å². The molecule has 0 bridgehead atoms. The van der Waals surface area contributed by atoms with Gasteiger partial charge in [-0.15, -0.1) is 0 Å². The van der Waals surface area contributed by atoms with E-state index in [1.165, 1.54) is 17.3 Å². The van der Waals surface area contributed by atoms with Crippen molar-refractivity contribution in [3.63, 3.8) is 0 Å². The van der Waals surface area contributed by atoms with Gasteiger partial charge < -0.3 is 4.74 Å². The lowest BCUT2D eigenvalue weighted by atomic mass is 10.1. The third-order valence-electron chi connectivity index (χ3n) is 4.16. The SMILES string of the molecule is Cc1ccc(N2C(=O)/C(=C/c3ccc(OC(C)C)c(Br)c3)SC2=S)cc1C. The summed E-state index contributed by atoms with van der Waals surface area (Å²) in [6.45, 7) is 8.05. The standard InChI is InChI=1S/C21H20BrNO2S2/c1-12(2)25-18-8-6-15(10-17(18)22)11-19-20(24)23(21(26)27-19)16-7-5-13(3)14(4)9-16/h5-12H,1-4H3/b19-11-. The van der Waals surface area contributed by atoms with Gasteiger partial charge in [0.1, 0.15) is 5.75 Å². The normalized spacial score (nSPS) is 15.9. The second-order valence-electron chi connectivity index (χ2n) is 6.64. The Labute approximate surface area is 177 Å². The van der Waals surface area contributed by atoms with Gasteiger partial charge in [-0.3, -0.25) is 9.69 Å². The molecule has 2 aromatic rings. The first-order chi connectivity index (χ1) is 12.8. The van der Waals surface area contributed by atoms with E-state index in [1.807, 2.05) is 70.2 Å². The van der Waals surface area contributed by atoms with Crippen LogP contribution in [-0.2, 0) is 4.79 Å². The second kappa shape index (κ2) is 8.17. The summed E-state index contributed by atoms with van der Waals surface area (Å²) in [6.07, 6.45) is 1.96. The Balaban J connectivity index is 1.88. The Hall–Kier alpha value is -1.63. The number of thioether (sulfide) groups is 1. The fourth-order valence-electron chi connectivity index (χ4n) is 2.66. The van der Waals surface area contributed by atoms with Crippen molar-refractivity contribution in [1.82, 2.24) is 0 Å². The van der Waals surface area contributed by atoms with E-state index in [0.717, 1.165) is 27.0 Å². The van der Waals surface area contributed by atoms with E-state index in [-0.39, 0.29) is 12.0 Å². The molecule has 1 aliphatic heterocycles. The Kier molecular flexibility index (Phi) is 6.08. The van der Waals surface area contributed by atoms with Crippen molar-refractivity contribution in [2.75, 3.05) is 4.90 Å². The summed E-state index contributed by atoms with van der Waals surface area (Å²) in [5, 5.41) is 0. The lowest BCUT2D eigenvalue weighted by Crippen LogP contribution is -2.27. The minimum absolute atomic E-state index is 0.0908. The van der Waals surface area contributed by atoms with Gasteiger partial charge in [-0.1, -0.05) is 36.1 Å². The average molecular weight is 462 g/mol. The third kappa shape index (κ3) is 4.45. The first-order valence-electron chi connectivity index (χ1n) is 8.57. The third-order valence-corrected chi connectivity index (χ3v) is 6.08. The number of carbonyl (C=O) groups excluding carboxylic acids is 1. The van der Waals surface area contributed by atoms with E-state index >= 15 is 0 Å². The number of halogens is 1.